The summed E-state index contributed by atoms with van der Waals surface area (Å²) in [5.41, 5.74) is 0.289. The molecule has 1 atom stereocenters. The van der Waals surface area contributed by atoms with Gasteiger partial charge in [0.05, 0.1) is 0 Å². The third-order valence-corrected chi connectivity index (χ3v) is 3.50. The average Bonchev–Trinajstić information content (AvgIpc) is 2.61. The number of fused-ring (bicyclic) bond motifs is 1. The fourth-order valence-corrected chi connectivity index (χ4v) is 2.23. The number of benzene rings is 1. The molecule has 0 bridgehead atoms. The summed E-state index contributed by atoms with van der Waals surface area (Å²) in [6.45, 7) is 2.33. The van der Waals surface area contributed by atoms with E-state index in [1.807, 2.05) is 0 Å². The summed E-state index contributed by atoms with van der Waals surface area (Å²) in [7, 11) is 0. The van der Waals surface area contributed by atoms with Gasteiger partial charge < -0.3 is 24.7 Å². The van der Waals surface area contributed by atoms with Gasteiger partial charge >= 0.3 is 11.7 Å². The lowest BCUT2D eigenvalue weighted by Gasteiger charge is -2.19. The van der Waals surface area contributed by atoms with E-state index >= 15 is 0 Å². The second-order valence-electron chi connectivity index (χ2n) is 5.31. The molecule has 0 unspecified atom stereocenters. The van der Waals surface area contributed by atoms with Crippen LogP contribution in [0, 0.1) is 5.21 Å². The molecule has 1 aromatic carbocycles. The molecule has 0 spiro atoms. The number of amides is 1. The fraction of sp³-hybridized carbons (Fsp3) is 0.235. The molecule has 130 valence electrons. The summed E-state index contributed by atoms with van der Waals surface area (Å²) in [5, 5.41) is 14.2. The summed E-state index contributed by atoms with van der Waals surface area (Å²) in [4.78, 5) is 24.2. The molecule has 1 amide bonds. The fourth-order valence-electron chi connectivity index (χ4n) is 2.23. The van der Waals surface area contributed by atoms with Crippen molar-refractivity contribution in [2.45, 2.75) is 13.0 Å². The van der Waals surface area contributed by atoms with Gasteiger partial charge in [-0.05, 0) is 25.1 Å². The molecule has 0 fully saturated rings. The molecule has 25 heavy (non-hydrogen) atoms. The van der Waals surface area contributed by atoms with Crippen molar-refractivity contribution < 1.29 is 28.5 Å². The quantitative estimate of drug-likeness (QED) is 0.509. The zero-order valence-electron chi connectivity index (χ0n) is 13.4. The highest BCUT2D eigenvalue weighted by Crippen LogP contribution is 2.32. The van der Waals surface area contributed by atoms with Crippen molar-refractivity contribution in [2.75, 3.05) is 18.5 Å². The maximum absolute atomic E-state index is 12.2. The summed E-state index contributed by atoms with van der Waals surface area (Å²) in [6, 6.07) is 9.31. The highest BCUT2D eigenvalue weighted by Gasteiger charge is 2.24. The largest absolute Gasteiger partial charge is 0.618 e. The Morgan fingerprint density at radius 3 is 2.72 bits per heavy atom. The van der Waals surface area contributed by atoms with Gasteiger partial charge in [0.25, 0.3) is 5.91 Å². The minimum atomic E-state index is -1.08. The van der Waals surface area contributed by atoms with Crippen LogP contribution in [-0.2, 0) is 9.53 Å². The molecular weight excluding hydrogens is 328 g/mol. The lowest BCUT2D eigenvalue weighted by Crippen LogP contribution is -2.37. The van der Waals surface area contributed by atoms with Crippen LogP contribution in [0.4, 0.5) is 5.69 Å². The second kappa shape index (κ2) is 7.08. The van der Waals surface area contributed by atoms with Crippen molar-refractivity contribution >= 4 is 17.6 Å². The van der Waals surface area contributed by atoms with Crippen molar-refractivity contribution in [2.24, 2.45) is 0 Å². The number of hydrogen-bond acceptors (Lipinski definition) is 6. The third kappa shape index (κ3) is 3.79. The number of aromatic nitrogens is 1. The molecule has 8 heteroatoms. The first-order valence-corrected chi connectivity index (χ1v) is 7.64. The number of esters is 1. The van der Waals surface area contributed by atoms with Crippen LogP contribution in [0.25, 0.3) is 0 Å². The third-order valence-electron chi connectivity index (χ3n) is 3.50. The molecule has 2 heterocycles. The number of ether oxygens (including phenoxy) is 3. The van der Waals surface area contributed by atoms with Crippen LogP contribution in [0.15, 0.2) is 42.6 Å². The Labute approximate surface area is 143 Å². The Balaban J connectivity index is 1.63. The number of nitrogens with zero attached hydrogens (tertiary/aromatic N) is 1. The molecule has 0 aliphatic carbocycles. The van der Waals surface area contributed by atoms with E-state index in [1.54, 1.807) is 18.2 Å². The molecule has 1 aliphatic rings. The first-order chi connectivity index (χ1) is 12.0. The minimum absolute atomic E-state index is 0.193. The zero-order chi connectivity index (χ0) is 17.8. The predicted octanol–water partition coefficient (Wildman–Crippen LogP) is 1.28. The second-order valence-corrected chi connectivity index (χ2v) is 5.31. The lowest BCUT2D eigenvalue weighted by atomic mass is 10.2. The SMILES string of the molecule is C[C@H](OC(=O)c1cccc[n+]1[O-])C(=O)Nc1ccc2c(c1)OCCO2. The standard InChI is InChI=1S/C17H16N2O6/c1-11(25-17(21)13-4-2-3-7-19(13)22)16(20)18-12-5-6-14-15(10-12)24-9-8-23-14/h2-7,10-11H,8-9H2,1H3,(H,18,20)/t11-/m0/s1. The molecule has 3 rings (SSSR count). The number of anilines is 1. The summed E-state index contributed by atoms with van der Waals surface area (Å²) < 4.78 is 16.3. The molecule has 2 aromatic rings. The highest BCUT2D eigenvalue weighted by molar-refractivity contribution is 5.96. The molecule has 1 aromatic heterocycles. The number of pyridine rings is 1. The average molecular weight is 344 g/mol. The Morgan fingerprint density at radius 2 is 1.96 bits per heavy atom. The van der Waals surface area contributed by atoms with Crippen molar-refractivity contribution in [1.29, 1.82) is 0 Å². The Hall–Kier alpha value is -3.29. The Kier molecular flexibility index (Phi) is 4.69. The molecule has 0 saturated carbocycles. The first kappa shape index (κ1) is 16.6. The molecule has 0 saturated heterocycles. The number of nitrogens with one attached hydrogen (secondary N) is 1. The van der Waals surface area contributed by atoms with E-state index in [2.05, 4.69) is 5.32 Å². The van der Waals surface area contributed by atoms with E-state index in [0.717, 1.165) is 0 Å². The van der Waals surface area contributed by atoms with E-state index in [9.17, 15) is 14.8 Å². The molecule has 0 radical (unpaired) electrons. The van der Waals surface area contributed by atoms with E-state index in [1.165, 1.54) is 31.3 Å². The van der Waals surface area contributed by atoms with Crippen LogP contribution >= 0.6 is 0 Å². The number of rotatable bonds is 4. The van der Waals surface area contributed by atoms with Crippen molar-refractivity contribution in [3.63, 3.8) is 0 Å². The van der Waals surface area contributed by atoms with Gasteiger partial charge in [0, 0.05) is 23.9 Å². The molecule has 8 nitrogen and oxygen atoms in total. The maximum Gasteiger partial charge on any atom is 0.405 e. The van der Waals surface area contributed by atoms with Gasteiger partial charge in [0.2, 0.25) is 0 Å². The van der Waals surface area contributed by atoms with Crippen LogP contribution in [0.5, 0.6) is 11.5 Å². The highest BCUT2D eigenvalue weighted by atomic mass is 16.6. The molecule has 1 aliphatic heterocycles. The van der Waals surface area contributed by atoms with E-state index in [0.29, 0.717) is 35.1 Å². The summed E-state index contributed by atoms with van der Waals surface area (Å²) in [6.07, 6.45) is 0.0946. The normalized spacial score (nSPS) is 13.6. The summed E-state index contributed by atoms with van der Waals surface area (Å²) >= 11 is 0. The number of carbonyl (C=O) groups excluding carboxylic acids is 2. The van der Waals surface area contributed by atoms with Crippen LogP contribution in [0.1, 0.15) is 17.4 Å². The topological polar surface area (TPSA) is 101 Å². The van der Waals surface area contributed by atoms with Crippen LogP contribution < -0.4 is 19.5 Å². The van der Waals surface area contributed by atoms with Gasteiger partial charge in [-0.25, -0.2) is 4.79 Å². The van der Waals surface area contributed by atoms with Crippen LogP contribution in [0.3, 0.4) is 0 Å². The lowest BCUT2D eigenvalue weighted by molar-refractivity contribution is -0.608. The van der Waals surface area contributed by atoms with Crippen LogP contribution in [-0.4, -0.2) is 31.2 Å². The predicted molar refractivity (Wildman–Crippen MR) is 86.3 cm³/mol. The van der Waals surface area contributed by atoms with Gasteiger partial charge in [-0.3, -0.25) is 4.79 Å². The van der Waals surface area contributed by atoms with Gasteiger partial charge in [0.15, 0.2) is 23.8 Å². The van der Waals surface area contributed by atoms with Gasteiger partial charge in [-0.2, -0.15) is 4.73 Å². The van der Waals surface area contributed by atoms with Gasteiger partial charge in [0.1, 0.15) is 13.2 Å². The zero-order valence-corrected chi connectivity index (χ0v) is 13.4. The smallest absolute Gasteiger partial charge is 0.405 e. The van der Waals surface area contributed by atoms with Crippen molar-refractivity contribution in [3.05, 3.63) is 53.5 Å². The maximum atomic E-state index is 12.2. The molecular formula is C17H16N2O6. The van der Waals surface area contributed by atoms with Gasteiger partial charge in [-0.15, -0.1) is 0 Å². The first-order valence-electron chi connectivity index (χ1n) is 7.64. The monoisotopic (exact) mass is 344 g/mol. The van der Waals surface area contributed by atoms with Crippen molar-refractivity contribution in [3.8, 4) is 11.5 Å². The Bertz CT molecular complexity index is 807. The number of hydrogen-bond donors (Lipinski definition) is 1. The van der Waals surface area contributed by atoms with E-state index in [4.69, 9.17) is 14.2 Å². The van der Waals surface area contributed by atoms with E-state index < -0.39 is 18.0 Å². The minimum Gasteiger partial charge on any atom is -0.618 e. The van der Waals surface area contributed by atoms with Crippen LogP contribution in [0.2, 0.25) is 0 Å². The summed E-state index contributed by atoms with van der Waals surface area (Å²) in [5.74, 6) is -0.267. The van der Waals surface area contributed by atoms with Gasteiger partial charge in [-0.1, -0.05) is 0 Å². The molecule has 1 N–H and O–H groups in total. The van der Waals surface area contributed by atoms with E-state index in [-0.39, 0.29) is 5.69 Å². The van der Waals surface area contributed by atoms with Crippen molar-refractivity contribution in [1.82, 2.24) is 0 Å². The number of carbonyl (C=O) groups is 2. The Morgan fingerprint density at radius 1 is 1.20 bits per heavy atom.